The third-order valence-electron chi connectivity index (χ3n) is 2.83. The summed E-state index contributed by atoms with van der Waals surface area (Å²) in [5.74, 6) is -0.317. The minimum atomic E-state index is -0.432. The van der Waals surface area contributed by atoms with Crippen LogP contribution < -0.4 is 5.32 Å². The Kier molecular flexibility index (Phi) is 4.68. The van der Waals surface area contributed by atoms with Crippen LogP contribution in [0.4, 0.5) is 15.8 Å². The van der Waals surface area contributed by atoms with Crippen LogP contribution in [-0.4, -0.2) is 11.5 Å². The van der Waals surface area contributed by atoms with E-state index in [4.69, 9.17) is 0 Å². The van der Waals surface area contributed by atoms with Gasteiger partial charge >= 0.3 is 0 Å². The molecule has 0 bridgehead atoms. The zero-order chi connectivity index (χ0) is 14.5. The number of nitro benzene ring substituents is 1. The minimum Gasteiger partial charge on any atom is -0.381 e. The molecule has 20 heavy (non-hydrogen) atoms. The van der Waals surface area contributed by atoms with E-state index in [1.54, 1.807) is 24.3 Å². The Morgan fingerprint density at radius 3 is 2.50 bits per heavy atom. The van der Waals surface area contributed by atoms with Gasteiger partial charge in [0.05, 0.1) is 10.6 Å². The first-order chi connectivity index (χ1) is 9.58. The summed E-state index contributed by atoms with van der Waals surface area (Å²) in [6.07, 6.45) is 0.652. The van der Waals surface area contributed by atoms with Gasteiger partial charge in [-0.3, -0.25) is 10.1 Å². The van der Waals surface area contributed by atoms with Gasteiger partial charge < -0.3 is 5.32 Å². The monoisotopic (exact) mass is 338 g/mol. The number of para-hydroxylation sites is 1. The molecule has 0 spiro atoms. The predicted octanol–water partition coefficient (Wildman–Crippen LogP) is 4.15. The molecule has 0 aliphatic carbocycles. The molecule has 0 heterocycles. The Hall–Kier alpha value is -1.95. The summed E-state index contributed by atoms with van der Waals surface area (Å²) in [4.78, 5) is 10.1. The van der Waals surface area contributed by atoms with Crippen LogP contribution in [0.25, 0.3) is 0 Å². The lowest BCUT2D eigenvalue weighted by Crippen LogP contribution is -2.07. The van der Waals surface area contributed by atoms with E-state index in [0.29, 0.717) is 23.1 Å². The maximum absolute atomic E-state index is 13.6. The summed E-state index contributed by atoms with van der Waals surface area (Å²) >= 11 is 3.28. The fourth-order valence-electron chi connectivity index (χ4n) is 1.78. The van der Waals surface area contributed by atoms with Crippen molar-refractivity contribution in [2.75, 3.05) is 11.9 Å². The van der Waals surface area contributed by atoms with Crippen LogP contribution in [0, 0.1) is 15.9 Å². The molecule has 2 rings (SSSR count). The van der Waals surface area contributed by atoms with Crippen molar-refractivity contribution in [2.24, 2.45) is 0 Å². The van der Waals surface area contributed by atoms with E-state index in [2.05, 4.69) is 21.2 Å². The number of rotatable bonds is 5. The second kappa shape index (κ2) is 6.47. The van der Waals surface area contributed by atoms with Crippen molar-refractivity contribution in [3.8, 4) is 0 Å². The van der Waals surface area contributed by atoms with Crippen LogP contribution in [0.1, 0.15) is 5.56 Å². The Morgan fingerprint density at radius 2 is 1.90 bits per heavy atom. The average molecular weight is 339 g/mol. The van der Waals surface area contributed by atoms with Crippen molar-refractivity contribution < 1.29 is 9.31 Å². The highest BCUT2D eigenvalue weighted by molar-refractivity contribution is 9.10. The van der Waals surface area contributed by atoms with Crippen LogP contribution >= 0.6 is 15.9 Å². The van der Waals surface area contributed by atoms with Crippen molar-refractivity contribution in [1.29, 1.82) is 0 Å². The highest BCUT2D eigenvalue weighted by atomic mass is 79.9. The minimum absolute atomic E-state index is 0.0681. The average Bonchev–Trinajstić information content (AvgIpc) is 2.42. The molecule has 0 aliphatic rings. The first-order valence-electron chi connectivity index (χ1n) is 5.99. The molecule has 0 aromatic heterocycles. The van der Waals surface area contributed by atoms with Gasteiger partial charge in [0.1, 0.15) is 5.82 Å². The molecule has 104 valence electrons. The number of hydrogen-bond donors (Lipinski definition) is 1. The van der Waals surface area contributed by atoms with Gasteiger partial charge in [-0.2, -0.15) is 0 Å². The number of nitrogens with one attached hydrogen (secondary N) is 1. The molecule has 0 amide bonds. The number of nitrogens with zero attached hydrogens (tertiary/aromatic N) is 1. The molecule has 2 aromatic rings. The topological polar surface area (TPSA) is 55.2 Å². The van der Waals surface area contributed by atoms with Gasteiger partial charge in [0, 0.05) is 23.2 Å². The van der Waals surface area contributed by atoms with Crippen molar-refractivity contribution in [1.82, 2.24) is 0 Å². The summed E-state index contributed by atoms with van der Waals surface area (Å²) in [6.45, 7) is 0.539. The quantitative estimate of drug-likeness (QED) is 0.658. The Balaban J connectivity index is 1.94. The van der Waals surface area contributed by atoms with Gasteiger partial charge in [0.2, 0.25) is 0 Å². The molecule has 1 N–H and O–H groups in total. The van der Waals surface area contributed by atoms with E-state index in [9.17, 15) is 14.5 Å². The maximum Gasteiger partial charge on any atom is 0.269 e. The van der Waals surface area contributed by atoms with Crippen LogP contribution in [0.3, 0.4) is 0 Å². The van der Waals surface area contributed by atoms with Crippen molar-refractivity contribution >= 4 is 27.3 Å². The van der Waals surface area contributed by atoms with E-state index in [-0.39, 0.29) is 11.5 Å². The molecule has 0 saturated carbocycles. The molecule has 4 nitrogen and oxygen atoms in total. The van der Waals surface area contributed by atoms with Gasteiger partial charge in [-0.1, -0.05) is 18.2 Å². The number of benzene rings is 2. The summed E-state index contributed by atoms with van der Waals surface area (Å²) in [5.41, 5.74) is 1.45. The Labute approximate surface area is 123 Å². The summed E-state index contributed by atoms with van der Waals surface area (Å²) in [6, 6.07) is 11.1. The molecule has 6 heteroatoms. The number of halogens is 2. The fourth-order valence-corrected chi connectivity index (χ4v) is 2.27. The SMILES string of the molecule is O=[N+]([O-])c1ccc(CCNc2c(F)cccc2Br)cc1. The molecule has 0 atom stereocenters. The zero-order valence-corrected chi connectivity index (χ0v) is 12.1. The van der Waals surface area contributed by atoms with Crippen molar-refractivity contribution in [3.63, 3.8) is 0 Å². The largest absolute Gasteiger partial charge is 0.381 e. The molecule has 0 fully saturated rings. The number of nitro groups is 1. The maximum atomic E-state index is 13.6. The first-order valence-corrected chi connectivity index (χ1v) is 6.78. The summed E-state index contributed by atoms with van der Waals surface area (Å²) in [5, 5.41) is 13.5. The number of non-ortho nitro benzene ring substituents is 1. The fraction of sp³-hybridized carbons (Fsp3) is 0.143. The molecule has 0 unspecified atom stereocenters. The number of hydrogen-bond acceptors (Lipinski definition) is 3. The standard InChI is InChI=1S/C14H12BrFN2O2/c15-12-2-1-3-13(16)14(12)17-9-8-10-4-6-11(7-5-10)18(19)20/h1-7,17H,8-9H2. The molecule has 2 aromatic carbocycles. The zero-order valence-electron chi connectivity index (χ0n) is 10.5. The van der Waals surface area contributed by atoms with Crippen LogP contribution in [-0.2, 0) is 6.42 Å². The predicted molar refractivity (Wildman–Crippen MR) is 79.4 cm³/mol. The molecule has 0 aliphatic heterocycles. The third kappa shape index (κ3) is 3.54. The van der Waals surface area contributed by atoms with Gasteiger partial charge in [0.25, 0.3) is 5.69 Å². The molecular formula is C14H12BrFN2O2. The van der Waals surface area contributed by atoms with Crippen LogP contribution in [0.2, 0.25) is 0 Å². The van der Waals surface area contributed by atoms with Gasteiger partial charge in [0.15, 0.2) is 0 Å². The highest BCUT2D eigenvalue weighted by Crippen LogP contribution is 2.25. The molecule has 0 saturated heterocycles. The Bertz CT molecular complexity index is 597. The van der Waals surface area contributed by atoms with Gasteiger partial charge in [-0.15, -0.1) is 0 Å². The molecular weight excluding hydrogens is 327 g/mol. The third-order valence-corrected chi connectivity index (χ3v) is 3.49. The lowest BCUT2D eigenvalue weighted by molar-refractivity contribution is -0.384. The van der Waals surface area contributed by atoms with Crippen LogP contribution in [0.5, 0.6) is 0 Å². The van der Waals surface area contributed by atoms with Crippen molar-refractivity contribution in [3.05, 3.63) is 68.4 Å². The van der Waals surface area contributed by atoms with Crippen LogP contribution in [0.15, 0.2) is 46.9 Å². The van der Waals surface area contributed by atoms with E-state index < -0.39 is 4.92 Å². The lowest BCUT2D eigenvalue weighted by Gasteiger charge is -2.09. The second-order valence-corrected chi connectivity index (χ2v) is 5.05. The smallest absolute Gasteiger partial charge is 0.269 e. The highest BCUT2D eigenvalue weighted by Gasteiger charge is 2.06. The summed E-state index contributed by atoms with van der Waals surface area (Å²) in [7, 11) is 0. The lowest BCUT2D eigenvalue weighted by atomic mass is 10.1. The molecule has 0 radical (unpaired) electrons. The van der Waals surface area contributed by atoms with E-state index in [0.717, 1.165) is 5.56 Å². The second-order valence-electron chi connectivity index (χ2n) is 4.20. The number of anilines is 1. The van der Waals surface area contributed by atoms with Crippen molar-refractivity contribution in [2.45, 2.75) is 6.42 Å². The van der Waals surface area contributed by atoms with Gasteiger partial charge in [-0.05, 0) is 40.0 Å². The first kappa shape index (κ1) is 14.5. The van der Waals surface area contributed by atoms with E-state index in [1.807, 2.05) is 0 Å². The van der Waals surface area contributed by atoms with E-state index in [1.165, 1.54) is 18.2 Å². The Morgan fingerprint density at radius 1 is 1.20 bits per heavy atom. The summed E-state index contributed by atoms with van der Waals surface area (Å²) < 4.78 is 14.2. The van der Waals surface area contributed by atoms with E-state index >= 15 is 0 Å². The normalized spacial score (nSPS) is 10.3. The van der Waals surface area contributed by atoms with Gasteiger partial charge in [-0.25, -0.2) is 4.39 Å².